The lowest BCUT2D eigenvalue weighted by Crippen LogP contribution is -2.29. The number of nitrogens with zero attached hydrogens (tertiary/aromatic N) is 1. The van der Waals surface area contributed by atoms with E-state index in [1.165, 1.54) is 5.56 Å². The molecule has 0 spiro atoms. The molecule has 1 N–H and O–H groups in total. The van der Waals surface area contributed by atoms with Crippen LogP contribution >= 0.6 is 23.2 Å². The molecule has 1 heterocycles. The number of nitrogens with one attached hydrogen (secondary N) is 1. The summed E-state index contributed by atoms with van der Waals surface area (Å²) < 4.78 is 6.14. The van der Waals surface area contributed by atoms with Crippen LogP contribution in [-0.4, -0.2) is 11.1 Å². The summed E-state index contributed by atoms with van der Waals surface area (Å²) in [5.74, 6) is 0.941. The summed E-state index contributed by atoms with van der Waals surface area (Å²) >= 11 is 12.5. The van der Waals surface area contributed by atoms with Crippen LogP contribution in [-0.2, 0) is 16.8 Å². The first-order valence-electron chi connectivity index (χ1n) is 10.3. The van der Waals surface area contributed by atoms with Crippen molar-refractivity contribution in [1.82, 2.24) is 10.3 Å². The fourth-order valence-corrected chi connectivity index (χ4v) is 4.06. The molecule has 2 aliphatic rings. The van der Waals surface area contributed by atoms with Crippen LogP contribution in [0.25, 0.3) is 5.57 Å². The molecule has 2 saturated carbocycles. The van der Waals surface area contributed by atoms with Gasteiger partial charge in [0.2, 0.25) is 0 Å². The Kier molecular flexibility index (Phi) is 6.33. The van der Waals surface area contributed by atoms with Gasteiger partial charge in [-0.15, -0.1) is 0 Å². The highest BCUT2D eigenvalue weighted by atomic mass is 35.5. The number of halogens is 2. The maximum absolute atomic E-state index is 6.37. The van der Waals surface area contributed by atoms with Gasteiger partial charge >= 0.3 is 0 Å². The zero-order valence-corrected chi connectivity index (χ0v) is 18.6. The van der Waals surface area contributed by atoms with Gasteiger partial charge in [-0.2, -0.15) is 0 Å². The molecule has 0 saturated heterocycles. The average molecular weight is 441 g/mol. The fraction of sp³-hybridized carbons (Fsp3) is 0.320. The number of ether oxygens (including phenoxy) is 1. The molecule has 1 aromatic carbocycles. The molecular weight excluding hydrogens is 415 g/mol. The minimum Gasteiger partial charge on any atom is -0.494 e. The molecule has 0 atom stereocenters. The number of pyridine rings is 1. The first-order valence-corrected chi connectivity index (χ1v) is 11.1. The summed E-state index contributed by atoms with van der Waals surface area (Å²) in [5, 5.41) is 5.13. The maximum Gasteiger partial charge on any atom is 0.101 e. The van der Waals surface area contributed by atoms with E-state index in [1.54, 1.807) is 6.08 Å². The molecule has 1 aromatic heterocycles. The van der Waals surface area contributed by atoms with Gasteiger partial charge in [-0.3, -0.25) is 4.98 Å². The molecule has 0 unspecified atom stereocenters. The van der Waals surface area contributed by atoms with E-state index in [4.69, 9.17) is 27.9 Å². The van der Waals surface area contributed by atoms with Crippen LogP contribution in [0.15, 0.2) is 67.2 Å². The first kappa shape index (κ1) is 21.2. The third-order valence-corrected chi connectivity index (χ3v) is 6.25. The van der Waals surface area contributed by atoms with E-state index >= 15 is 0 Å². The van der Waals surface area contributed by atoms with Gasteiger partial charge < -0.3 is 10.1 Å². The van der Waals surface area contributed by atoms with Crippen molar-refractivity contribution in [2.45, 2.75) is 50.8 Å². The molecule has 5 heteroatoms. The highest BCUT2D eigenvalue weighted by molar-refractivity contribution is 6.33. The quantitative estimate of drug-likeness (QED) is 0.343. The van der Waals surface area contributed by atoms with Crippen molar-refractivity contribution in [1.29, 1.82) is 0 Å². The van der Waals surface area contributed by atoms with Gasteiger partial charge in [0.15, 0.2) is 0 Å². The molecule has 2 fully saturated rings. The second-order valence-electron chi connectivity index (χ2n) is 7.97. The average Bonchev–Trinajstić information content (AvgIpc) is 3.66. The molecule has 4 rings (SSSR count). The standard InChI is InChI=1S/C25H26Cl2N2O/c1-3-4-5-21(17(2)30-20-7-8-20)22-10-13-28-16-23(22)25(11-12-25)29-15-18-14-19(26)6-9-24(18)27/h3-6,9-10,13-14,16,20,29H,1,7-8,11-12,15H2,2H3/b5-4-,21-17-. The minimum absolute atomic E-state index is 0.123. The number of hydrogen-bond acceptors (Lipinski definition) is 3. The Morgan fingerprint density at radius 3 is 2.80 bits per heavy atom. The summed E-state index contributed by atoms with van der Waals surface area (Å²) in [7, 11) is 0. The van der Waals surface area contributed by atoms with E-state index in [-0.39, 0.29) is 5.54 Å². The second kappa shape index (κ2) is 8.97. The SMILES string of the molecule is C=C/C=C\C(=C(/C)OC1CC1)c1ccncc1C1(NCc2cc(Cl)ccc2Cl)CC1. The van der Waals surface area contributed by atoms with Crippen molar-refractivity contribution in [3.8, 4) is 0 Å². The van der Waals surface area contributed by atoms with E-state index < -0.39 is 0 Å². The van der Waals surface area contributed by atoms with E-state index in [0.29, 0.717) is 17.7 Å². The topological polar surface area (TPSA) is 34.1 Å². The Hall–Kier alpha value is -2.07. The number of aromatic nitrogens is 1. The summed E-state index contributed by atoms with van der Waals surface area (Å²) in [6.45, 7) is 6.51. The highest BCUT2D eigenvalue weighted by Gasteiger charge is 2.45. The molecule has 0 bridgehead atoms. The summed E-state index contributed by atoms with van der Waals surface area (Å²) in [5.41, 5.74) is 4.28. The number of hydrogen-bond donors (Lipinski definition) is 1. The third-order valence-electron chi connectivity index (χ3n) is 5.65. The van der Waals surface area contributed by atoms with Crippen LogP contribution in [0.3, 0.4) is 0 Å². The smallest absolute Gasteiger partial charge is 0.101 e. The van der Waals surface area contributed by atoms with Crippen LogP contribution in [0.5, 0.6) is 0 Å². The van der Waals surface area contributed by atoms with Gasteiger partial charge in [-0.05, 0) is 73.6 Å². The van der Waals surface area contributed by atoms with Crippen molar-refractivity contribution in [3.05, 3.63) is 94.0 Å². The van der Waals surface area contributed by atoms with Crippen molar-refractivity contribution in [2.24, 2.45) is 0 Å². The normalized spacial score (nSPS) is 18.2. The maximum atomic E-state index is 6.37. The van der Waals surface area contributed by atoms with E-state index in [0.717, 1.165) is 53.2 Å². The Bertz CT molecular complexity index is 1000. The van der Waals surface area contributed by atoms with Gasteiger partial charge in [0.25, 0.3) is 0 Å². The monoisotopic (exact) mass is 440 g/mol. The third kappa shape index (κ3) is 4.80. The Balaban J connectivity index is 1.65. The molecular formula is C25H26Cl2N2O. The van der Waals surface area contributed by atoms with Crippen LogP contribution in [0.2, 0.25) is 10.0 Å². The number of benzene rings is 1. The van der Waals surface area contributed by atoms with Gasteiger partial charge in [0.05, 0.1) is 6.10 Å². The molecule has 2 aromatic rings. The second-order valence-corrected chi connectivity index (χ2v) is 8.82. The lowest BCUT2D eigenvalue weighted by Gasteiger charge is -2.23. The van der Waals surface area contributed by atoms with Crippen molar-refractivity contribution >= 4 is 28.8 Å². The van der Waals surface area contributed by atoms with Crippen LogP contribution in [0.1, 0.15) is 49.3 Å². The Morgan fingerprint density at radius 2 is 2.10 bits per heavy atom. The lowest BCUT2D eigenvalue weighted by molar-refractivity contribution is 0.201. The predicted molar refractivity (Wildman–Crippen MR) is 124 cm³/mol. The van der Waals surface area contributed by atoms with Crippen molar-refractivity contribution in [2.75, 3.05) is 0 Å². The lowest BCUT2D eigenvalue weighted by atomic mass is 9.93. The van der Waals surface area contributed by atoms with Crippen molar-refractivity contribution in [3.63, 3.8) is 0 Å². The minimum atomic E-state index is -0.123. The molecule has 0 amide bonds. The van der Waals surface area contributed by atoms with Gasteiger partial charge in [0, 0.05) is 40.1 Å². The predicted octanol–water partition coefficient (Wildman–Crippen LogP) is 6.82. The molecule has 156 valence electrons. The molecule has 3 nitrogen and oxygen atoms in total. The first-order chi connectivity index (χ1) is 14.5. The molecule has 0 radical (unpaired) electrons. The van der Waals surface area contributed by atoms with Gasteiger partial charge in [0.1, 0.15) is 5.76 Å². The van der Waals surface area contributed by atoms with E-state index in [2.05, 4.69) is 29.0 Å². The molecule has 30 heavy (non-hydrogen) atoms. The van der Waals surface area contributed by atoms with Crippen LogP contribution in [0.4, 0.5) is 0 Å². The Morgan fingerprint density at radius 1 is 1.30 bits per heavy atom. The summed E-state index contributed by atoms with van der Waals surface area (Å²) in [6.07, 6.45) is 14.3. The zero-order chi connectivity index (χ0) is 21.1. The van der Waals surface area contributed by atoms with Crippen LogP contribution < -0.4 is 5.32 Å². The van der Waals surface area contributed by atoms with E-state index in [1.807, 2.05) is 43.6 Å². The highest BCUT2D eigenvalue weighted by Crippen LogP contribution is 2.48. The number of allylic oxidation sites excluding steroid dienone is 5. The zero-order valence-electron chi connectivity index (χ0n) is 17.1. The molecule has 2 aliphatic carbocycles. The Labute approximate surface area is 188 Å². The summed E-state index contributed by atoms with van der Waals surface area (Å²) in [4.78, 5) is 4.44. The summed E-state index contributed by atoms with van der Waals surface area (Å²) in [6, 6.07) is 7.65. The largest absolute Gasteiger partial charge is 0.494 e. The number of rotatable bonds is 9. The van der Waals surface area contributed by atoms with E-state index in [9.17, 15) is 0 Å². The molecule has 0 aliphatic heterocycles. The van der Waals surface area contributed by atoms with Crippen LogP contribution in [0, 0.1) is 0 Å². The fourth-order valence-electron chi connectivity index (χ4n) is 3.68. The van der Waals surface area contributed by atoms with Gasteiger partial charge in [-0.25, -0.2) is 0 Å². The van der Waals surface area contributed by atoms with Crippen molar-refractivity contribution < 1.29 is 4.74 Å². The van der Waals surface area contributed by atoms with Gasteiger partial charge in [-0.1, -0.05) is 48.0 Å².